The summed E-state index contributed by atoms with van der Waals surface area (Å²) in [5, 5.41) is 18.7. The molecule has 1 aromatic heterocycles. The molecule has 0 aliphatic heterocycles. The molecule has 7 nitrogen and oxygen atoms in total. The van der Waals surface area contributed by atoms with E-state index in [-0.39, 0.29) is 10.6 Å². The Labute approximate surface area is 173 Å². The molecule has 28 heavy (non-hydrogen) atoms. The smallest absolute Gasteiger partial charge is 0.261 e. The summed E-state index contributed by atoms with van der Waals surface area (Å²) in [4.78, 5) is 4.61. The largest absolute Gasteiger partial charge is 0.506 e. The molecule has 1 heterocycles. The van der Waals surface area contributed by atoms with Crippen molar-refractivity contribution in [2.75, 3.05) is 4.72 Å². The Kier molecular flexibility index (Phi) is 5.00. The van der Waals surface area contributed by atoms with Crippen molar-refractivity contribution in [3.05, 3.63) is 65.4 Å². The molecule has 3 N–H and O–H groups in total. The molecule has 0 atom stereocenters. The lowest BCUT2D eigenvalue weighted by Gasteiger charge is -2.14. The van der Waals surface area contributed by atoms with Gasteiger partial charge in [-0.2, -0.15) is 5.10 Å². The summed E-state index contributed by atoms with van der Waals surface area (Å²) in [6.07, 6.45) is 1.36. The van der Waals surface area contributed by atoms with Crippen LogP contribution in [0.3, 0.4) is 0 Å². The van der Waals surface area contributed by atoms with Crippen LogP contribution in [0, 0.1) is 0 Å². The number of hydrogen-bond donors (Lipinski definition) is 3. The van der Waals surface area contributed by atoms with Gasteiger partial charge in [-0.05, 0) is 36.0 Å². The molecular formula is C18H13BrN4O3S2. The number of fused-ring (bicyclic) bond motifs is 1. The summed E-state index contributed by atoms with van der Waals surface area (Å²) in [6.45, 7) is 0. The number of aromatic nitrogens is 3. The van der Waals surface area contributed by atoms with E-state index in [0.717, 1.165) is 11.8 Å². The monoisotopic (exact) mass is 476 g/mol. The molecule has 0 saturated heterocycles. The third-order valence-corrected chi connectivity index (χ3v) is 6.71. The maximum atomic E-state index is 12.9. The fourth-order valence-electron chi connectivity index (χ4n) is 2.68. The molecular weight excluding hydrogens is 464 g/mol. The standard InChI is InChI=1S/C18H13BrN4O3S2/c19-11-4-3-5-12(8-11)28(25,26)23-15-9-16(27-18-20-10-21-22-18)17(24)14-7-2-1-6-13(14)15/h1-10,23-24H,(H,20,21,22). The van der Waals surface area contributed by atoms with Crippen molar-refractivity contribution in [2.45, 2.75) is 14.9 Å². The molecule has 0 radical (unpaired) electrons. The van der Waals surface area contributed by atoms with Gasteiger partial charge in [0.2, 0.25) is 0 Å². The minimum absolute atomic E-state index is 0.0439. The molecule has 0 amide bonds. The molecule has 0 bridgehead atoms. The van der Waals surface area contributed by atoms with E-state index in [1.165, 1.54) is 18.5 Å². The van der Waals surface area contributed by atoms with Crippen LogP contribution in [0.25, 0.3) is 10.8 Å². The maximum Gasteiger partial charge on any atom is 0.261 e. The zero-order valence-electron chi connectivity index (χ0n) is 14.1. The number of H-pyrrole nitrogens is 1. The highest BCUT2D eigenvalue weighted by molar-refractivity contribution is 9.10. The lowest BCUT2D eigenvalue weighted by molar-refractivity contribution is 0.469. The molecule has 0 aliphatic carbocycles. The number of aromatic amines is 1. The molecule has 0 unspecified atom stereocenters. The number of anilines is 1. The van der Waals surface area contributed by atoms with E-state index in [9.17, 15) is 13.5 Å². The molecule has 3 aromatic carbocycles. The molecule has 0 saturated carbocycles. The first-order valence-corrected chi connectivity index (χ1v) is 11.1. The fourth-order valence-corrected chi connectivity index (χ4v) is 5.14. The van der Waals surface area contributed by atoms with E-state index in [0.29, 0.717) is 31.0 Å². The highest BCUT2D eigenvalue weighted by Crippen LogP contribution is 2.42. The van der Waals surface area contributed by atoms with Gasteiger partial charge in [0.1, 0.15) is 12.1 Å². The number of sulfonamides is 1. The molecule has 0 fully saturated rings. The lowest BCUT2D eigenvalue weighted by atomic mass is 10.1. The van der Waals surface area contributed by atoms with Gasteiger partial charge in [0.05, 0.1) is 15.5 Å². The number of rotatable bonds is 5. The number of phenolic OH excluding ortho intramolecular Hbond substituents is 1. The Morgan fingerprint density at radius 1 is 1.07 bits per heavy atom. The lowest BCUT2D eigenvalue weighted by Crippen LogP contribution is -2.13. The van der Waals surface area contributed by atoms with Crippen LogP contribution in [0.4, 0.5) is 5.69 Å². The second-order valence-corrected chi connectivity index (χ2v) is 9.40. The van der Waals surface area contributed by atoms with Crippen molar-refractivity contribution in [1.82, 2.24) is 15.2 Å². The molecule has 4 aromatic rings. The topological polar surface area (TPSA) is 108 Å². The van der Waals surface area contributed by atoms with Crippen molar-refractivity contribution in [2.24, 2.45) is 0 Å². The minimum atomic E-state index is -3.83. The van der Waals surface area contributed by atoms with Crippen LogP contribution in [-0.4, -0.2) is 28.7 Å². The van der Waals surface area contributed by atoms with Crippen molar-refractivity contribution >= 4 is 54.2 Å². The second kappa shape index (κ2) is 7.46. The normalized spacial score (nSPS) is 11.6. The van der Waals surface area contributed by atoms with Gasteiger partial charge in [0, 0.05) is 15.2 Å². The molecule has 0 aliphatic rings. The number of nitrogens with one attached hydrogen (secondary N) is 2. The van der Waals surface area contributed by atoms with Gasteiger partial charge in [-0.1, -0.05) is 46.3 Å². The van der Waals surface area contributed by atoms with E-state index in [4.69, 9.17) is 0 Å². The Hall–Kier alpha value is -2.56. The van der Waals surface area contributed by atoms with Crippen LogP contribution in [0.1, 0.15) is 0 Å². The number of aromatic hydroxyl groups is 1. The van der Waals surface area contributed by atoms with Crippen molar-refractivity contribution in [1.29, 1.82) is 0 Å². The predicted octanol–water partition coefficient (Wildman–Crippen LogP) is 4.38. The van der Waals surface area contributed by atoms with Gasteiger partial charge >= 0.3 is 0 Å². The number of phenols is 1. The summed E-state index contributed by atoms with van der Waals surface area (Å²) >= 11 is 4.44. The van der Waals surface area contributed by atoms with Crippen molar-refractivity contribution in [3.63, 3.8) is 0 Å². The maximum absolute atomic E-state index is 12.9. The average Bonchev–Trinajstić information content (AvgIpc) is 3.18. The Bertz CT molecular complexity index is 1260. The van der Waals surface area contributed by atoms with Crippen LogP contribution in [0.5, 0.6) is 5.75 Å². The van der Waals surface area contributed by atoms with E-state index in [1.54, 1.807) is 42.5 Å². The van der Waals surface area contributed by atoms with Crippen LogP contribution in [0.2, 0.25) is 0 Å². The first kappa shape index (κ1) is 18.8. The Morgan fingerprint density at radius 2 is 1.86 bits per heavy atom. The average molecular weight is 477 g/mol. The molecule has 4 rings (SSSR count). The van der Waals surface area contributed by atoms with E-state index < -0.39 is 10.0 Å². The van der Waals surface area contributed by atoms with Gasteiger partial charge in [-0.3, -0.25) is 9.82 Å². The Balaban J connectivity index is 1.83. The van der Waals surface area contributed by atoms with Gasteiger partial charge in [-0.25, -0.2) is 13.4 Å². The van der Waals surface area contributed by atoms with Crippen LogP contribution < -0.4 is 4.72 Å². The van der Waals surface area contributed by atoms with Crippen LogP contribution >= 0.6 is 27.7 Å². The molecule has 0 spiro atoms. The fraction of sp³-hybridized carbons (Fsp3) is 0. The van der Waals surface area contributed by atoms with Gasteiger partial charge in [0.25, 0.3) is 10.0 Å². The summed E-state index contributed by atoms with van der Waals surface area (Å²) < 4.78 is 29.1. The summed E-state index contributed by atoms with van der Waals surface area (Å²) in [5.41, 5.74) is 0.357. The van der Waals surface area contributed by atoms with Gasteiger partial charge < -0.3 is 5.11 Å². The zero-order chi connectivity index (χ0) is 19.7. The second-order valence-electron chi connectivity index (χ2n) is 5.77. The molecule has 10 heteroatoms. The van der Waals surface area contributed by atoms with Crippen LogP contribution in [-0.2, 0) is 10.0 Å². The predicted molar refractivity (Wildman–Crippen MR) is 111 cm³/mol. The quantitative estimate of drug-likeness (QED) is 0.369. The third kappa shape index (κ3) is 3.71. The third-order valence-electron chi connectivity index (χ3n) is 3.93. The Morgan fingerprint density at radius 3 is 2.57 bits per heavy atom. The number of hydrogen-bond acceptors (Lipinski definition) is 6. The summed E-state index contributed by atoms with van der Waals surface area (Å²) in [5.74, 6) is 0.0439. The minimum Gasteiger partial charge on any atom is -0.506 e. The number of halogens is 1. The van der Waals surface area contributed by atoms with Gasteiger partial charge in [0.15, 0.2) is 5.16 Å². The number of benzene rings is 3. The SMILES string of the molecule is O=S(=O)(Nc1cc(Sc2ncn[nH]2)c(O)c2ccccc12)c1cccc(Br)c1. The van der Waals surface area contributed by atoms with Crippen molar-refractivity contribution in [3.8, 4) is 5.75 Å². The van der Waals surface area contributed by atoms with Crippen LogP contribution in [0.15, 0.2) is 80.3 Å². The first-order chi connectivity index (χ1) is 13.4. The first-order valence-electron chi connectivity index (χ1n) is 8.00. The van der Waals surface area contributed by atoms with E-state index in [2.05, 4.69) is 35.8 Å². The van der Waals surface area contributed by atoms with Crippen molar-refractivity contribution < 1.29 is 13.5 Å². The zero-order valence-corrected chi connectivity index (χ0v) is 17.3. The summed E-state index contributed by atoms with van der Waals surface area (Å²) in [6, 6.07) is 15.1. The van der Waals surface area contributed by atoms with Gasteiger partial charge in [-0.15, -0.1) is 0 Å². The highest BCUT2D eigenvalue weighted by Gasteiger charge is 2.19. The number of nitrogens with zero attached hydrogens (tertiary/aromatic N) is 2. The van der Waals surface area contributed by atoms with E-state index >= 15 is 0 Å². The summed E-state index contributed by atoms with van der Waals surface area (Å²) in [7, 11) is -3.83. The highest BCUT2D eigenvalue weighted by atomic mass is 79.9. The molecule has 142 valence electrons. The van der Waals surface area contributed by atoms with E-state index in [1.807, 2.05) is 0 Å².